The number of ether oxygens (including phenoxy) is 1. The van der Waals surface area contributed by atoms with E-state index in [1.165, 1.54) is 0 Å². The number of fused-ring (bicyclic) bond motifs is 1. The van der Waals surface area contributed by atoms with Gasteiger partial charge in [-0.05, 0) is 6.92 Å². The van der Waals surface area contributed by atoms with Crippen molar-refractivity contribution in [3.63, 3.8) is 0 Å². The first-order valence-corrected chi connectivity index (χ1v) is 5.20. The maximum Gasteiger partial charge on any atom is 0.425 e. The van der Waals surface area contributed by atoms with Crippen molar-refractivity contribution in [3.8, 4) is 0 Å². The van der Waals surface area contributed by atoms with Crippen LogP contribution in [0.25, 0.3) is 10.8 Å². The van der Waals surface area contributed by atoms with Gasteiger partial charge in [0.05, 0.1) is 12.8 Å². The fourth-order valence-corrected chi connectivity index (χ4v) is 1.40. The molecule has 6 nitrogen and oxygen atoms in total. The number of nitrogens with one attached hydrogen (secondary N) is 2. The lowest BCUT2D eigenvalue weighted by Gasteiger charge is -2.08. The Balaban J connectivity index is 0.00000162. The van der Waals surface area contributed by atoms with Crippen LogP contribution in [0.2, 0.25) is 0 Å². The first-order chi connectivity index (χ1) is 8.31. The van der Waals surface area contributed by atoms with Crippen molar-refractivity contribution in [1.29, 1.82) is 0 Å². The predicted molar refractivity (Wildman–Crippen MR) is 63.3 cm³/mol. The van der Waals surface area contributed by atoms with Crippen LogP contribution in [0.3, 0.4) is 0 Å². The smallest absolute Gasteiger partial charge is 0.425 e. The van der Waals surface area contributed by atoms with E-state index in [-0.39, 0.29) is 12.4 Å². The Morgan fingerprint density at radius 2 is 2.17 bits per heavy atom. The molecule has 0 spiro atoms. The second-order valence-electron chi connectivity index (χ2n) is 3.25. The molecule has 0 unspecified atom stereocenters. The van der Waals surface area contributed by atoms with Crippen molar-refractivity contribution in [2.75, 3.05) is 12.0 Å². The van der Waals surface area contributed by atoms with Crippen LogP contribution in [0.1, 0.15) is 6.92 Å². The van der Waals surface area contributed by atoms with E-state index in [0.29, 0.717) is 12.4 Å². The van der Waals surface area contributed by atoms with E-state index in [2.05, 4.69) is 21.0 Å². The summed E-state index contributed by atoms with van der Waals surface area (Å²) < 4.78 is 4.71. The summed E-state index contributed by atoms with van der Waals surface area (Å²) in [5.74, 6) is 0.483. The topological polar surface area (TPSA) is 76.1 Å². The number of aromatic nitrogens is 2. The minimum atomic E-state index is -0.553. The second-order valence-corrected chi connectivity index (χ2v) is 3.25. The molecule has 2 rings (SSSR count). The van der Waals surface area contributed by atoms with Gasteiger partial charge in [0.25, 0.3) is 0 Å². The molecule has 0 saturated carbocycles. The molecule has 0 bridgehead atoms. The Bertz CT molecular complexity index is 530. The van der Waals surface area contributed by atoms with Gasteiger partial charge in [-0.3, -0.25) is 5.43 Å². The Morgan fingerprint density at radius 1 is 1.39 bits per heavy atom. The van der Waals surface area contributed by atoms with Crippen molar-refractivity contribution in [3.05, 3.63) is 30.5 Å². The quantitative estimate of drug-likeness (QED) is 0.677. The zero-order valence-electron chi connectivity index (χ0n) is 9.68. The summed E-state index contributed by atoms with van der Waals surface area (Å²) in [5.41, 5.74) is 5.05. The highest BCUT2D eigenvalue weighted by Gasteiger charge is 2.04. The number of hydrazine groups is 1. The normalized spacial score (nSPS) is 9.39. The van der Waals surface area contributed by atoms with Crippen LogP contribution in [0.15, 0.2) is 30.5 Å². The van der Waals surface area contributed by atoms with Gasteiger partial charge in [0.1, 0.15) is 0 Å². The number of nitrogens with zero attached hydrogens (tertiary/aromatic N) is 2. The number of hydrogen-bond donors (Lipinski definition) is 2. The highest BCUT2D eigenvalue weighted by atomic mass is 35.5. The van der Waals surface area contributed by atoms with Crippen molar-refractivity contribution >= 4 is 22.7 Å². The molecule has 0 aliphatic heterocycles. The van der Waals surface area contributed by atoms with Crippen molar-refractivity contribution in [1.82, 2.24) is 15.6 Å². The third-order valence-electron chi connectivity index (χ3n) is 2.13. The highest BCUT2D eigenvalue weighted by molar-refractivity contribution is 5.91. The molecule has 96 valence electrons. The third-order valence-corrected chi connectivity index (χ3v) is 2.13. The Hall–Kier alpha value is -2.08. The zero-order valence-corrected chi connectivity index (χ0v) is 10.4. The first-order valence-electron chi connectivity index (χ1n) is 5.20. The summed E-state index contributed by atoms with van der Waals surface area (Å²) >= 11 is 0. The summed E-state index contributed by atoms with van der Waals surface area (Å²) in [6.45, 7) is 2.05. The van der Waals surface area contributed by atoms with Gasteiger partial charge < -0.3 is 17.1 Å². The molecule has 18 heavy (non-hydrogen) atoms. The molecule has 0 radical (unpaired) electrons. The van der Waals surface area contributed by atoms with Gasteiger partial charge in [-0.1, -0.05) is 24.3 Å². The van der Waals surface area contributed by atoms with Crippen LogP contribution >= 0.6 is 0 Å². The lowest BCUT2D eigenvalue weighted by molar-refractivity contribution is -0.00000970. The standard InChI is InChI=1S/C11H12N4O2.ClH/c1-2-17-11(16)15-14-10-9-6-4-3-5-8(9)7-12-13-10;/h3-7H,2H2,1H3,(H,13,14)(H,15,16);1H/p-1. The molecule has 0 aliphatic carbocycles. The summed E-state index contributed by atoms with van der Waals surface area (Å²) in [5, 5.41) is 9.55. The lowest BCUT2D eigenvalue weighted by atomic mass is 10.2. The van der Waals surface area contributed by atoms with E-state index in [9.17, 15) is 4.79 Å². The van der Waals surface area contributed by atoms with E-state index in [0.717, 1.165) is 10.8 Å². The SMILES string of the molecule is CCOC(=O)NNc1nncc2ccccc12.[Cl-]. The molecule has 2 aromatic rings. The summed E-state index contributed by atoms with van der Waals surface area (Å²) in [7, 11) is 0. The van der Waals surface area contributed by atoms with E-state index in [4.69, 9.17) is 4.74 Å². The summed E-state index contributed by atoms with van der Waals surface area (Å²) in [4.78, 5) is 11.1. The number of benzene rings is 1. The largest absolute Gasteiger partial charge is 1.00 e. The third kappa shape index (κ3) is 3.21. The number of anilines is 1. The maximum atomic E-state index is 11.1. The Morgan fingerprint density at radius 3 is 2.94 bits per heavy atom. The summed E-state index contributed by atoms with van der Waals surface area (Å²) in [6.07, 6.45) is 1.10. The molecule has 0 saturated heterocycles. The van der Waals surface area contributed by atoms with Gasteiger partial charge in [-0.15, -0.1) is 5.10 Å². The van der Waals surface area contributed by atoms with Crippen LogP contribution in [-0.2, 0) is 4.74 Å². The lowest BCUT2D eigenvalue weighted by Crippen LogP contribution is -3.00. The van der Waals surface area contributed by atoms with Crippen LogP contribution in [0.4, 0.5) is 10.6 Å². The zero-order chi connectivity index (χ0) is 12.1. The Labute approximate surface area is 110 Å². The van der Waals surface area contributed by atoms with Crippen LogP contribution in [0.5, 0.6) is 0 Å². The minimum absolute atomic E-state index is 0. The maximum absolute atomic E-state index is 11.1. The first kappa shape index (κ1) is 14.0. The Kier molecular flexibility index (Phi) is 5.13. The number of halogens is 1. The van der Waals surface area contributed by atoms with Gasteiger partial charge in [0, 0.05) is 10.8 Å². The van der Waals surface area contributed by atoms with E-state index in [1.54, 1.807) is 13.1 Å². The molecule has 1 aromatic carbocycles. The number of carbonyl (C=O) groups excluding carboxylic acids is 1. The average molecular weight is 268 g/mol. The van der Waals surface area contributed by atoms with Crippen LogP contribution < -0.4 is 23.3 Å². The molecule has 1 aromatic heterocycles. The molecule has 1 amide bonds. The molecule has 0 atom stereocenters. The van der Waals surface area contributed by atoms with Crippen molar-refractivity contribution in [2.45, 2.75) is 6.92 Å². The fourth-order valence-electron chi connectivity index (χ4n) is 1.40. The molecule has 0 fully saturated rings. The van der Waals surface area contributed by atoms with Gasteiger partial charge in [0.2, 0.25) is 0 Å². The van der Waals surface area contributed by atoms with Gasteiger partial charge in [0.15, 0.2) is 5.82 Å². The molecule has 7 heteroatoms. The summed E-state index contributed by atoms with van der Waals surface area (Å²) in [6, 6.07) is 7.60. The van der Waals surface area contributed by atoms with Crippen LogP contribution in [-0.4, -0.2) is 22.9 Å². The van der Waals surface area contributed by atoms with E-state index >= 15 is 0 Å². The molecule has 1 heterocycles. The molecule has 2 N–H and O–H groups in total. The van der Waals surface area contributed by atoms with Crippen molar-refractivity contribution < 1.29 is 21.9 Å². The number of rotatable bonds is 3. The fraction of sp³-hybridized carbons (Fsp3) is 0.182. The monoisotopic (exact) mass is 267 g/mol. The van der Waals surface area contributed by atoms with E-state index in [1.807, 2.05) is 24.3 Å². The number of carbonyl (C=O) groups is 1. The molecule has 0 aliphatic rings. The highest BCUT2D eigenvalue weighted by Crippen LogP contribution is 2.18. The second kappa shape index (κ2) is 6.61. The van der Waals surface area contributed by atoms with Crippen molar-refractivity contribution in [2.24, 2.45) is 0 Å². The van der Waals surface area contributed by atoms with Crippen LogP contribution in [0, 0.1) is 0 Å². The molecular weight excluding hydrogens is 256 g/mol. The van der Waals surface area contributed by atoms with Gasteiger partial charge >= 0.3 is 6.09 Å². The van der Waals surface area contributed by atoms with Gasteiger partial charge in [-0.2, -0.15) is 5.10 Å². The van der Waals surface area contributed by atoms with E-state index < -0.39 is 6.09 Å². The predicted octanol–water partition coefficient (Wildman–Crippen LogP) is -1.29. The van der Waals surface area contributed by atoms with Gasteiger partial charge in [-0.25, -0.2) is 10.2 Å². The number of hydrogen-bond acceptors (Lipinski definition) is 5. The minimum Gasteiger partial charge on any atom is -1.00 e. The molecular formula is C11H12ClN4O2-. The average Bonchev–Trinajstić information content (AvgIpc) is 2.36. The number of amides is 1.